The van der Waals surface area contributed by atoms with Gasteiger partial charge in [-0.25, -0.2) is 0 Å². The molecule has 0 aromatic heterocycles. The largest absolute Gasteiger partial charge is 0.408 e. The normalized spacial score (nSPS) is 22.3. The summed E-state index contributed by atoms with van der Waals surface area (Å²) in [6.45, 7) is 3.92. The van der Waals surface area contributed by atoms with Crippen molar-refractivity contribution in [3.05, 3.63) is 35.4 Å². The Hall–Kier alpha value is -2.09. The fourth-order valence-electron chi connectivity index (χ4n) is 3.35. The van der Waals surface area contributed by atoms with E-state index in [-0.39, 0.29) is 18.9 Å². The van der Waals surface area contributed by atoms with E-state index in [1.165, 1.54) is 0 Å². The number of rotatable bonds is 7. The third-order valence-corrected chi connectivity index (χ3v) is 5.17. The van der Waals surface area contributed by atoms with Crippen LogP contribution in [0.2, 0.25) is 0 Å². The number of alkyl halides is 3. The summed E-state index contributed by atoms with van der Waals surface area (Å²) in [5.41, 5.74) is 1.93. The smallest absolute Gasteiger partial charge is 0.381 e. The second-order valence-corrected chi connectivity index (χ2v) is 7.21. The van der Waals surface area contributed by atoms with Gasteiger partial charge >= 0.3 is 6.18 Å². The van der Waals surface area contributed by atoms with Gasteiger partial charge in [0.2, 0.25) is 11.8 Å². The maximum absolute atomic E-state index is 12.8. The number of hydrogen-bond acceptors (Lipinski definition) is 3. The highest BCUT2D eigenvalue weighted by atomic mass is 19.4. The van der Waals surface area contributed by atoms with Crippen molar-refractivity contribution in [1.29, 1.82) is 0 Å². The number of benzene rings is 1. The van der Waals surface area contributed by atoms with E-state index < -0.39 is 36.0 Å². The zero-order chi connectivity index (χ0) is 20.9. The van der Waals surface area contributed by atoms with E-state index in [0.717, 1.165) is 17.5 Å². The molecule has 2 rings (SSSR count). The second kappa shape index (κ2) is 9.41. The predicted octanol–water partition coefficient (Wildman–Crippen LogP) is 3.42. The third kappa shape index (κ3) is 5.70. The van der Waals surface area contributed by atoms with Crippen LogP contribution in [0.5, 0.6) is 0 Å². The Morgan fingerprint density at radius 1 is 1.29 bits per heavy atom. The molecule has 0 saturated carbocycles. The number of piperidine rings is 1. The van der Waals surface area contributed by atoms with Gasteiger partial charge in [-0.15, -0.1) is 0 Å². The molecule has 1 heterocycles. The summed E-state index contributed by atoms with van der Waals surface area (Å²) in [7, 11) is 1.59. The van der Waals surface area contributed by atoms with Crippen LogP contribution in [0.4, 0.5) is 13.2 Å². The van der Waals surface area contributed by atoms with E-state index in [1.54, 1.807) is 7.11 Å². The first-order valence-corrected chi connectivity index (χ1v) is 9.42. The van der Waals surface area contributed by atoms with Gasteiger partial charge in [0.05, 0.1) is 12.1 Å². The molecule has 1 aromatic rings. The molecule has 0 radical (unpaired) electrons. The minimum atomic E-state index is -4.51. The molecule has 2 N–H and O–H groups in total. The van der Waals surface area contributed by atoms with Gasteiger partial charge in [-0.2, -0.15) is 13.2 Å². The Morgan fingerprint density at radius 2 is 1.93 bits per heavy atom. The molecule has 2 amide bonds. The maximum Gasteiger partial charge on any atom is 0.408 e. The zero-order valence-corrected chi connectivity index (χ0v) is 16.3. The van der Waals surface area contributed by atoms with E-state index >= 15 is 0 Å². The van der Waals surface area contributed by atoms with Crippen LogP contribution in [0.3, 0.4) is 0 Å². The summed E-state index contributed by atoms with van der Waals surface area (Å²) >= 11 is 0. The topological polar surface area (TPSA) is 67.4 Å². The van der Waals surface area contributed by atoms with Crippen LogP contribution >= 0.6 is 0 Å². The number of amides is 2. The molecule has 1 aromatic carbocycles. The highest BCUT2D eigenvalue weighted by molar-refractivity contribution is 6.01. The number of carbonyl (C=O) groups excluding carboxylic acids is 2. The van der Waals surface area contributed by atoms with Gasteiger partial charge in [0.1, 0.15) is 12.0 Å². The monoisotopic (exact) mass is 400 g/mol. The number of aryl methyl sites for hydroxylation is 1. The SMILES string of the molecule is CC[C@H](C[C@@H](NC(=O)C1CCC(C(F)(F)F)NC1=O)c1ccc(C)cc1)OC. The Kier molecular flexibility index (Phi) is 7.46. The lowest BCUT2D eigenvalue weighted by Crippen LogP contribution is -2.54. The fourth-order valence-corrected chi connectivity index (χ4v) is 3.35. The standard InChI is InChI=1S/C20H27F3N2O3/c1-4-14(28-3)11-16(13-7-5-12(2)6-8-13)24-18(26)15-9-10-17(20(21,22)23)25-19(15)27/h5-8,14-17H,4,9-11H2,1-3H3,(H,24,26)(H,25,27)/t14-,15?,16-,17?/m1/s1. The zero-order valence-electron chi connectivity index (χ0n) is 16.3. The fraction of sp³-hybridized carbons (Fsp3) is 0.600. The first-order chi connectivity index (χ1) is 13.2. The molecule has 1 aliphatic rings. The van der Waals surface area contributed by atoms with Crippen molar-refractivity contribution in [2.45, 2.75) is 63.9 Å². The van der Waals surface area contributed by atoms with Crippen LogP contribution in [0.1, 0.15) is 49.8 Å². The molecule has 8 heteroatoms. The molecular formula is C20H27F3N2O3. The van der Waals surface area contributed by atoms with Gasteiger partial charge in [-0.05, 0) is 38.2 Å². The number of halogens is 3. The molecule has 0 spiro atoms. The van der Waals surface area contributed by atoms with Crippen molar-refractivity contribution in [2.75, 3.05) is 7.11 Å². The molecule has 5 nitrogen and oxygen atoms in total. The number of nitrogens with one attached hydrogen (secondary N) is 2. The van der Waals surface area contributed by atoms with Crippen LogP contribution < -0.4 is 10.6 Å². The van der Waals surface area contributed by atoms with E-state index in [2.05, 4.69) is 5.32 Å². The van der Waals surface area contributed by atoms with Crippen molar-refractivity contribution in [2.24, 2.45) is 5.92 Å². The third-order valence-electron chi connectivity index (χ3n) is 5.17. The molecule has 1 saturated heterocycles. The summed E-state index contributed by atoms with van der Waals surface area (Å²) in [5.74, 6) is -2.57. The van der Waals surface area contributed by atoms with Crippen molar-refractivity contribution in [1.82, 2.24) is 10.6 Å². The molecule has 28 heavy (non-hydrogen) atoms. The van der Waals surface area contributed by atoms with Gasteiger partial charge in [0.15, 0.2) is 0 Å². The van der Waals surface area contributed by atoms with Gasteiger partial charge in [0.25, 0.3) is 0 Å². The van der Waals surface area contributed by atoms with Crippen LogP contribution in [-0.4, -0.2) is 37.2 Å². The summed E-state index contributed by atoms with van der Waals surface area (Å²) in [4.78, 5) is 24.8. The number of methoxy groups -OCH3 is 1. The van der Waals surface area contributed by atoms with E-state index in [9.17, 15) is 22.8 Å². The van der Waals surface area contributed by atoms with Crippen molar-refractivity contribution < 1.29 is 27.5 Å². The first kappa shape index (κ1) is 22.2. The molecular weight excluding hydrogens is 373 g/mol. The van der Waals surface area contributed by atoms with Gasteiger partial charge in [-0.3, -0.25) is 9.59 Å². The molecule has 1 fully saturated rings. The lowest BCUT2D eigenvalue weighted by Gasteiger charge is -2.31. The predicted molar refractivity (Wildman–Crippen MR) is 98.5 cm³/mol. The minimum Gasteiger partial charge on any atom is -0.381 e. The lowest BCUT2D eigenvalue weighted by atomic mass is 9.91. The molecule has 0 bridgehead atoms. The average Bonchev–Trinajstić information content (AvgIpc) is 2.64. The summed E-state index contributed by atoms with van der Waals surface area (Å²) < 4.78 is 43.8. The summed E-state index contributed by atoms with van der Waals surface area (Å²) in [6, 6.07) is 5.33. The number of hydrogen-bond donors (Lipinski definition) is 2. The quantitative estimate of drug-likeness (QED) is 0.689. The number of carbonyl (C=O) groups is 2. The number of ether oxygens (including phenoxy) is 1. The van der Waals surface area contributed by atoms with E-state index in [1.807, 2.05) is 43.4 Å². The van der Waals surface area contributed by atoms with Crippen LogP contribution in [0, 0.1) is 12.8 Å². The average molecular weight is 400 g/mol. The lowest BCUT2D eigenvalue weighted by molar-refractivity contribution is -0.171. The Morgan fingerprint density at radius 3 is 2.43 bits per heavy atom. The van der Waals surface area contributed by atoms with E-state index in [0.29, 0.717) is 6.42 Å². The Balaban J connectivity index is 2.11. The van der Waals surface area contributed by atoms with Gasteiger partial charge in [0, 0.05) is 7.11 Å². The maximum atomic E-state index is 12.8. The van der Waals surface area contributed by atoms with Crippen LogP contribution in [0.25, 0.3) is 0 Å². The molecule has 156 valence electrons. The molecule has 1 aliphatic heterocycles. The van der Waals surface area contributed by atoms with Crippen LogP contribution in [0.15, 0.2) is 24.3 Å². The highest BCUT2D eigenvalue weighted by Crippen LogP contribution is 2.29. The van der Waals surface area contributed by atoms with Crippen molar-refractivity contribution in [3.63, 3.8) is 0 Å². The Bertz CT molecular complexity index is 672. The second-order valence-electron chi connectivity index (χ2n) is 7.21. The van der Waals surface area contributed by atoms with Gasteiger partial charge < -0.3 is 15.4 Å². The molecule has 2 unspecified atom stereocenters. The van der Waals surface area contributed by atoms with Gasteiger partial charge in [-0.1, -0.05) is 36.8 Å². The Labute approximate surface area is 163 Å². The van der Waals surface area contributed by atoms with E-state index in [4.69, 9.17) is 4.74 Å². The molecule has 4 atom stereocenters. The highest BCUT2D eigenvalue weighted by Gasteiger charge is 2.46. The summed E-state index contributed by atoms with van der Waals surface area (Å²) in [6.07, 6.45) is -3.80. The summed E-state index contributed by atoms with van der Waals surface area (Å²) in [5, 5.41) is 4.77. The molecule has 0 aliphatic carbocycles. The van der Waals surface area contributed by atoms with Crippen molar-refractivity contribution >= 4 is 11.8 Å². The minimum absolute atomic E-state index is 0.0959. The van der Waals surface area contributed by atoms with Crippen molar-refractivity contribution in [3.8, 4) is 0 Å². The van der Waals surface area contributed by atoms with Crippen LogP contribution in [-0.2, 0) is 14.3 Å². The first-order valence-electron chi connectivity index (χ1n) is 9.42.